The minimum Gasteiger partial charge on any atom is -0.385 e. The highest BCUT2D eigenvalue weighted by molar-refractivity contribution is 9.10. The second-order valence-corrected chi connectivity index (χ2v) is 4.33. The molecule has 6 heteroatoms. The van der Waals surface area contributed by atoms with E-state index in [1.54, 1.807) is 6.07 Å². The maximum atomic E-state index is 12.5. The van der Waals surface area contributed by atoms with Crippen LogP contribution in [-0.4, -0.2) is 6.54 Å². The lowest BCUT2D eigenvalue weighted by molar-refractivity contribution is -0.137. The Hall–Kier alpha value is -1.22. The molecule has 0 bridgehead atoms. The Kier molecular flexibility index (Phi) is 4.82. The predicted molar refractivity (Wildman–Crippen MR) is 62.5 cm³/mol. The lowest BCUT2D eigenvalue weighted by atomic mass is 10.2. The van der Waals surface area contributed by atoms with Crippen LogP contribution in [0, 0.1) is 11.3 Å². The molecule has 1 aromatic rings. The molecule has 0 aliphatic carbocycles. The van der Waals surface area contributed by atoms with Crippen LogP contribution in [0.2, 0.25) is 0 Å². The maximum absolute atomic E-state index is 12.5. The first-order chi connectivity index (χ1) is 7.93. The zero-order valence-electron chi connectivity index (χ0n) is 8.81. The quantitative estimate of drug-likeness (QED) is 0.847. The molecule has 0 aromatic heterocycles. The van der Waals surface area contributed by atoms with E-state index in [0.717, 1.165) is 12.1 Å². The van der Waals surface area contributed by atoms with Gasteiger partial charge in [-0.2, -0.15) is 18.4 Å². The Labute approximate surface area is 106 Å². The molecule has 1 N–H and O–H groups in total. The molecule has 1 aromatic carbocycles. The van der Waals surface area contributed by atoms with Crippen molar-refractivity contribution >= 4 is 21.6 Å². The lowest BCUT2D eigenvalue weighted by Crippen LogP contribution is -2.07. The van der Waals surface area contributed by atoms with Gasteiger partial charge in [0.25, 0.3) is 0 Å². The summed E-state index contributed by atoms with van der Waals surface area (Å²) in [5, 5.41) is 11.2. The van der Waals surface area contributed by atoms with Crippen LogP contribution >= 0.6 is 15.9 Å². The van der Waals surface area contributed by atoms with Gasteiger partial charge < -0.3 is 5.32 Å². The normalized spacial score (nSPS) is 11.0. The summed E-state index contributed by atoms with van der Waals surface area (Å²) >= 11 is 3.04. The Morgan fingerprint density at radius 2 is 2.00 bits per heavy atom. The number of nitrogens with one attached hydrogen (secondary N) is 1. The van der Waals surface area contributed by atoms with E-state index >= 15 is 0 Å². The number of benzene rings is 1. The molecule has 0 unspecified atom stereocenters. The van der Waals surface area contributed by atoms with Crippen molar-refractivity contribution in [3.63, 3.8) is 0 Å². The molecule has 0 saturated heterocycles. The number of hydrogen-bond donors (Lipinski definition) is 1. The Bertz CT molecular complexity index is 424. The zero-order chi connectivity index (χ0) is 12.9. The van der Waals surface area contributed by atoms with Crippen molar-refractivity contribution in [2.45, 2.75) is 19.0 Å². The Morgan fingerprint density at radius 1 is 1.29 bits per heavy atom. The van der Waals surface area contributed by atoms with Crippen molar-refractivity contribution in [1.29, 1.82) is 5.26 Å². The topological polar surface area (TPSA) is 35.8 Å². The van der Waals surface area contributed by atoms with Crippen molar-refractivity contribution in [1.82, 2.24) is 0 Å². The summed E-state index contributed by atoms with van der Waals surface area (Å²) in [4.78, 5) is 0. The molecule has 0 fully saturated rings. The molecule has 17 heavy (non-hydrogen) atoms. The molecule has 0 aliphatic heterocycles. The number of rotatable bonds is 4. The predicted octanol–water partition coefficient (Wildman–Crippen LogP) is 4.18. The van der Waals surface area contributed by atoms with E-state index in [0.29, 0.717) is 29.5 Å². The van der Waals surface area contributed by atoms with Crippen molar-refractivity contribution in [2.24, 2.45) is 0 Å². The standard InChI is InChI=1S/C11H10BrF3N2/c12-9-5-8(11(13,14)15)6-10(7-9)17-4-2-1-3-16/h5-7,17H,1-2,4H2. The summed E-state index contributed by atoms with van der Waals surface area (Å²) in [6, 6.07) is 5.62. The fourth-order valence-electron chi connectivity index (χ4n) is 1.26. The number of nitriles is 1. The molecular formula is C11H10BrF3N2. The third-order valence-corrected chi connectivity index (χ3v) is 2.48. The largest absolute Gasteiger partial charge is 0.416 e. The molecule has 0 amide bonds. The Morgan fingerprint density at radius 3 is 2.59 bits per heavy atom. The van der Waals surface area contributed by atoms with Gasteiger partial charge in [-0.05, 0) is 24.6 Å². The summed E-state index contributed by atoms with van der Waals surface area (Å²) in [6.07, 6.45) is -3.37. The van der Waals surface area contributed by atoms with Gasteiger partial charge in [0.05, 0.1) is 11.6 Å². The van der Waals surface area contributed by atoms with E-state index in [-0.39, 0.29) is 0 Å². The van der Waals surface area contributed by atoms with Crippen LogP contribution in [0.4, 0.5) is 18.9 Å². The third-order valence-electron chi connectivity index (χ3n) is 2.02. The van der Waals surface area contributed by atoms with Gasteiger partial charge in [0.1, 0.15) is 0 Å². The molecule has 0 aliphatic rings. The monoisotopic (exact) mass is 306 g/mol. The van der Waals surface area contributed by atoms with Crippen molar-refractivity contribution < 1.29 is 13.2 Å². The van der Waals surface area contributed by atoms with Gasteiger partial charge in [-0.1, -0.05) is 15.9 Å². The first-order valence-corrected chi connectivity index (χ1v) is 5.71. The zero-order valence-corrected chi connectivity index (χ0v) is 10.4. The highest BCUT2D eigenvalue weighted by atomic mass is 79.9. The van der Waals surface area contributed by atoms with Crippen LogP contribution in [-0.2, 0) is 6.18 Å². The molecule has 0 heterocycles. The third kappa shape index (κ3) is 4.65. The summed E-state index contributed by atoms with van der Waals surface area (Å²) in [7, 11) is 0. The van der Waals surface area contributed by atoms with Crippen LogP contribution in [0.25, 0.3) is 0 Å². The fraction of sp³-hybridized carbons (Fsp3) is 0.364. The van der Waals surface area contributed by atoms with Gasteiger partial charge in [-0.25, -0.2) is 0 Å². The Balaban J connectivity index is 2.73. The smallest absolute Gasteiger partial charge is 0.385 e. The van der Waals surface area contributed by atoms with Gasteiger partial charge in [-0.3, -0.25) is 0 Å². The van der Waals surface area contributed by atoms with Crippen LogP contribution in [0.15, 0.2) is 22.7 Å². The van der Waals surface area contributed by atoms with Crippen LogP contribution in [0.3, 0.4) is 0 Å². The van der Waals surface area contributed by atoms with Crippen molar-refractivity contribution in [3.05, 3.63) is 28.2 Å². The van der Waals surface area contributed by atoms with E-state index in [4.69, 9.17) is 5.26 Å². The molecule has 92 valence electrons. The molecule has 0 radical (unpaired) electrons. The molecular weight excluding hydrogens is 297 g/mol. The number of nitrogens with zero attached hydrogens (tertiary/aromatic N) is 1. The minimum atomic E-state index is -4.35. The SMILES string of the molecule is N#CCCCNc1cc(Br)cc(C(F)(F)F)c1. The molecule has 1 rings (SSSR count). The van der Waals surface area contributed by atoms with Crippen molar-refractivity contribution in [2.75, 3.05) is 11.9 Å². The van der Waals surface area contributed by atoms with E-state index in [9.17, 15) is 13.2 Å². The van der Waals surface area contributed by atoms with Gasteiger partial charge in [0, 0.05) is 23.1 Å². The second kappa shape index (κ2) is 5.92. The fourth-order valence-corrected chi connectivity index (χ4v) is 1.75. The van der Waals surface area contributed by atoms with Crippen molar-refractivity contribution in [3.8, 4) is 6.07 Å². The summed E-state index contributed by atoms with van der Waals surface area (Å²) in [6.45, 7) is 0.474. The molecule has 0 saturated carbocycles. The van der Waals surface area contributed by atoms with E-state index in [2.05, 4.69) is 21.2 Å². The van der Waals surface area contributed by atoms with E-state index < -0.39 is 11.7 Å². The van der Waals surface area contributed by atoms with Gasteiger partial charge in [0.15, 0.2) is 0 Å². The minimum absolute atomic E-state index is 0.370. The molecule has 2 nitrogen and oxygen atoms in total. The average Bonchev–Trinajstić information content (AvgIpc) is 2.22. The highest BCUT2D eigenvalue weighted by Gasteiger charge is 2.31. The van der Waals surface area contributed by atoms with Crippen LogP contribution < -0.4 is 5.32 Å². The number of hydrogen-bond acceptors (Lipinski definition) is 2. The average molecular weight is 307 g/mol. The van der Waals surface area contributed by atoms with Crippen LogP contribution in [0.1, 0.15) is 18.4 Å². The van der Waals surface area contributed by atoms with Gasteiger partial charge >= 0.3 is 6.18 Å². The maximum Gasteiger partial charge on any atom is 0.416 e. The first-order valence-electron chi connectivity index (χ1n) is 4.92. The number of unbranched alkanes of at least 4 members (excludes halogenated alkanes) is 1. The lowest BCUT2D eigenvalue weighted by Gasteiger charge is -2.11. The highest BCUT2D eigenvalue weighted by Crippen LogP contribution is 2.33. The van der Waals surface area contributed by atoms with Gasteiger partial charge in [0.2, 0.25) is 0 Å². The molecule has 0 spiro atoms. The summed E-state index contributed by atoms with van der Waals surface area (Å²) in [5.41, 5.74) is -0.306. The van der Waals surface area contributed by atoms with Gasteiger partial charge in [-0.15, -0.1) is 0 Å². The summed E-state index contributed by atoms with van der Waals surface area (Å²) in [5.74, 6) is 0. The second-order valence-electron chi connectivity index (χ2n) is 3.41. The number of anilines is 1. The van der Waals surface area contributed by atoms with Crippen LogP contribution in [0.5, 0.6) is 0 Å². The molecule has 0 atom stereocenters. The first kappa shape index (κ1) is 13.8. The van der Waals surface area contributed by atoms with E-state index in [1.807, 2.05) is 6.07 Å². The summed E-state index contributed by atoms with van der Waals surface area (Å²) < 4.78 is 37.9. The number of halogens is 4. The van der Waals surface area contributed by atoms with E-state index in [1.165, 1.54) is 0 Å². The number of alkyl halides is 3.